The zero-order chi connectivity index (χ0) is 11.3. The highest BCUT2D eigenvalue weighted by molar-refractivity contribution is 6.28. The summed E-state index contributed by atoms with van der Waals surface area (Å²) in [7, 11) is 0. The summed E-state index contributed by atoms with van der Waals surface area (Å²) in [4.78, 5) is 32.7. The molecule has 1 aliphatic carbocycles. The summed E-state index contributed by atoms with van der Waals surface area (Å²) in [6.07, 6.45) is 1.98. The Hall–Kier alpha value is -1.30. The first-order chi connectivity index (χ1) is 7.11. The van der Waals surface area contributed by atoms with Gasteiger partial charge in [0, 0.05) is 6.04 Å². The number of imide groups is 1. The van der Waals surface area contributed by atoms with Crippen molar-refractivity contribution in [3.8, 4) is 0 Å². The third kappa shape index (κ3) is 5.21. The second kappa shape index (κ2) is 5.55. The third-order valence-electron chi connectivity index (χ3n) is 1.73. The molecular formula is C8H12ClN3O3. The molecule has 4 amide bonds. The molecule has 0 aromatic heterocycles. The van der Waals surface area contributed by atoms with Gasteiger partial charge in [0.05, 0.1) is 6.54 Å². The van der Waals surface area contributed by atoms with Gasteiger partial charge < -0.3 is 10.6 Å². The molecule has 0 unspecified atom stereocenters. The average Bonchev–Trinajstić information content (AvgIpc) is 2.98. The fourth-order valence-corrected chi connectivity index (χ4v) is 0.938. The second-order valence-corrected chi connectivity index (χ2v) is 3.47. The summed E-state index contributed by atoms with van der Waals surface area (Å²) in [5, 5.41) is 6.88. The highest BCUT2D eigenvalue weighted by Gasteiger charge is 2.23. The summed E-state index contributed by atoms with van der Waals surface area (Å²) in [6, 6.07) is -0.460. The van der Waals surface area contributed by atoms with Gasteiger partial charge in [0.15, 0.2) is 0 Å². The summed E-state index contributed by atoms with van der Waals surface area (Å²) < 4.78 is 0. The fraction of sp³-hybridized carbons (Fsp3) is 0.625. The van der Waals surface area contributed by atoms with Crippen LogP contribution in [0.5, 0.6) is 0 Å². The summed E-state index contributed by atoms with van der Waals surface area (Å²) >= 11 is 5.16. The van der Waals surface area contributed by atoms with E-state index < -0.39 is 11.9 Å². The van der Waals surface area contributed by atoms with E-state index in [4.69, 9.17) is 11.6 Å². The Morgan fingerprint density at radius 2 is 1.87 bits per heavy atom. The first-order valence-corrected chi connectivity index (χ1v) is 5.08. The standard InChI is InChI=1S/C8H12ClN3O3/c9-3-6(13)12-8(15)10-4-7(14)11-5-1-2-5/h5H,1-4H2,(H,11,14)(H2,10,12,13,15). The van der Waals surface area contributed by atoms with Crippen LogP contribution in [-0.2, 0) is 9.59 Å². The Balaban J connectivity index is 2.09. The van der Waals surface area contributed by atoms with E-state index in [0.29, 0.717) is 0 Å². The first-order valence-electron chi connectivity index (χ1n) is 4.55. The molecule has 0 heterocycles. The lowest BCUT2D eigenvalue weighted by molar-refractivity contribution is -0.120. The molecule has 0 saturated heterocycles. The predicted molar refractivity (Wildman–Crippen MR) is 53.4 cm³/mol. The van der Waals surface area contributed by atoms with Crippen molar-refractivity contribution in [3.05, 3.63) is 0 Å². The zero-order valence-corrected chi connectivity index (χ0v) is 8.76. The van der Waals surface area contributed by atoms with Gasteiger partial charge in [-0.25, -0.2) is 4.79 Å². The van der Waals surface area contributed by atoms with Crippen molar-refractivity contribution < 1.29 is 14.4 Å². The molecule has 0 aromatic carbocycles. The Bertz CT molecular complexity index is 278. The van der Waals surface area contributed by atoms with Crippen LogP contribution in [0, 0.1) is 0 Å². The number of nitrogens with one attached hydrogen (secondary N) is 3. The topological polar surface area (TPSA) is 87.3 Å². The van der Waals surface area contributed by atoms with Crippen molar-refractivity contribution in [2.45, 2.75) is 18.9 Å². The Kier molecular flexibility index (Phi) is 4.36. The lowest BCUT2D eigenvalue weighted by atomic mass is 10.5. The van der Waals surface area contributed by atoms with Gasteiger partial charge in [0.25, 0.3) is 0 Å². The SMILES string of the molecule is O=C(CCl)NC(=O)NCC(=O)NC1CC1. The lowest BCUT2D eigenvalue weighted by Crippen LogP contribution is -2.44. The van der Waals surface area contributed by atoms with Crippen LogP contribution in [0.25, 0.3) is 0 Å². The molecule has 0 atom stereocenters. The quantitative estimate of drug-likeness (QED) is 0.563. The molecule has 0 bridgehead atoms. The summed E-state index contributed by atoms with van der Waals surface area (Å²) in [5.74, 6) is -1.15. The van der Waals surface area contributed by atoms with Crippen molar-refractivity contribution in [2.75, 3.05) is 12.4 Å². The first kappa shape index (κ1) is 11.8. The molecule has 0 radical (unpaired) electrons. The molecular weight excluding hydrogens is 222 g/mol. The van der Waals surface area contributed by atoms with Gasteiger partial charge in [0.2, 0.25) is 11.8 Å². The molecule has 3 N–H and O–H groups in total. The number of rotatable bonds is 4. The van der Waals surface area contributed by atoms with Crippen molar-refractivity contribution in [2.24, 2.45) is 0 Å². The minimum atomic E-state index is -0.716. The molecule has 1 aliphatic rings. The molecule has 1 fully saturated rings. The molecule has 1 saturated carbocycles. The van der Waals surface area contributed by atoms with E-state index in [-0.39, 0.29) is 24.4 Å². The lowest BCUT2D eigenvalue weighted by Gasteiger charge is -2.05. The molecule has 0 aliphatic heterocycles. The highest BCUT2D eigenvalue weighted by Crippen LogP contribution is 2.17. The minimum absolute atomic E-state index is 0.141. The van der Waals surface area contributed by atoms with Crippen LogP contribution >= 0.6 is 11.6 Å². The van der Waals surface area contributed by atoms with Gasteiger partial charge in [-0.2, -0.15) is 0 Å². The number of carbonyl (C=O) groups excluding carboxylic acids is 3. The van der Waals surface area contributed by atoms with Gasteiger partial charge in [-0.15, -0.1) is 11.6 Å². The van der Waals surface area contributed by atoms with Gasteiger partial charge in [-0.05, 0) is 12.8 Å². The van der Waals surface area contributed by atoms with E-state index in [2.05, 4.69) is 10.6 Å². The zero-order valence-electron chi connectivity index (χ0n) is 8.01. The largest absolute Gasteiger partial charge is 0.352 e. The van der Waals surface area contributed by atoms with E-state index in [0.717, 1.165) is 12.8 Å². The Morgan fingerprint density at radius 3 is 2.40 bits per heavy atom. The van der Waals surface area contributed by atoms with Crippen LogP contribution in [0.15, 0.2) is 0 Å². The van der Waals surface area contributed by atoms with Gasteiger partial charge in [-0.3, -0.25) is 14.9 Å². The molecule has 7 heteroatoms. The van der Waals surface area contributed by atoms with Crippen LogP contribution in [-0.4, -0.2) is 36.3 Å². The van der Waals surface area contributed by atoms with E-state index in [9.17, 15) is 14.4 Å². The van der Waals surface area contributed by atoms with Crippen molar-refractivity contribution in [3.63, 3.8) is 0 Å². The van der Waals surface area contributed by atoms with Gasteiger partial charge >= 0.3 is 6.03 Å². The van der Waals surface area contributed by atoms with Crippen LogP contribution in [0.1, 0.15) is 12.8 Å². The maximum absolute atomic E-state index is 11.1. The number of hydrogen-bond acceptors (Lipinski definition) is 3. The van der Waals surface area contributed by atoms with Crippen molar-refractivity contribution in [1.82, 2.24) is 16.0 Å². The van der Waals surface area contributed by atoms with Gasteiger partial charge in [-0.1, -0.05) is 0 Å². The Labute approximate surface area is 91.7 Å². The molecule has 84 valence electrons. The fourth-order valence-electron chi connectivity index (χ4n) is 0.871. The number of amides is 4. The number of halogens is 1. The van der Waals surface area contributed by atoms with Crippen LogP contribution < -0.4 is 16.0 Å². The third-order valence-corrected chi connectivity index (χ3v) is 1.97. The maximum atomic E-state index is 11.1. The number of hydrogen-bond donors (Lipinski definition) is 3. The Morgan fingerprint density at radius 1 is 1.20 bits per heavy atom. The predicted octanol–water partition coefficient (Wildman–Crippen LogP) is -0.670. The smallest absolute Gasteiger partial charge is 0.321 e. The molecule has 0 spiro atoms. The monoisotopic (exact) mass is 233 g/mol. The van der Waals surface area contributed by atoms with Crippen LogP contribution in [0.3, 0.4) is 0 Å². The minimum Gasteiger partial charge on any atom is -0.352 e. The second-order valence-electron chi connectivity index (χ2n) is 3.21. The maximum Gasteiger partial charge on any atom is 0.321 e. The van der Waals surface area contributed by atoms with E-state index >= 15 is 0 Å². The molecule has 0 aromatic rings. The number of carbonyl (C=O) groups is 3. The molecule has 1 rings (SSSR count). The number of alkyl halides is 1. The van der Waals surface area contributed by atoms with Crippen LogP contribution in [0.2, 0.25) is 0 Å². The normalized spacial score (nSPS) is 14.2. The summed E-state index contributed by atoms with van der Waals surface area (Å²) in [6.45, 7) is -0.141. The molecule has 15 heavy (non-hydrogen) atoms. The average molecular weight is 234 g/mol. The summed E-state index contributed by atoms with van der Waals surface area (Å²) in [5.41, 5.74) is 0. The van der Waals surface area contributed by atoms with Crippen LogP contribution in [0.4, 0.5) is 4.79 Å². The van der Waals surface area contributed by atoms with E-state index in [1.165, 1.54) is 0 Å². The van der Waals surface area contributed by atoms with Crippen molar-refractivity contribution >= 4 is 29.4 Å². The highest BCUT2D eigenvalue weighted by atomic mass is 35.5. The van der Waals surface area contributed by atoms with E-state index in [1.54, 1.807) is 0 Å². The van der Waals surface area contributed by atoms with Crippen molar-refractivity contribution in [1.29, 1.82) is 0 Å². The van der Waals surface area contributed by atoms with E-state index in [1.807, 2.05) is 5.32 Å². The molecule has 6 nitrogen and oxygen atoms in total. The van der Waals surface area contributed by atoms with Gasteiger partial charge in [0.1, 0.15) is 5.88 Å². The number of urea groups is 1.